The van der Waals surface area contributed by atoms with Gasteiger partial charge in [0.05, 0.1) is 0 Å². The highest BCUT2D eigenvalue weighted by atomic mass is 16.1. The molecule has 4 unspecified atom stereocenters. The molecule has 6 heteroatoms. The second-order valence-electron chi connectivity index (χ2n) is 13.5. The quantitative estimate of drug-likeness (QED) is 0.361. The predicted octanol–water partition coefficient (Wildman–Crippen LogP) is 5.32. The normalized spacial score (nSPS) is 36.1. The minimum absolute atomic E-state index is 0.299. The molecule has 1 aliphatic carbocycles. The first-order valence-electron chi connectivity index (χ1n) is 16.4. The molecule has 0 aromatic heterocycles. The summed E-state index contributed by atoms with van der Waals surface area (Å²) < 4.78 is 0. The molecule has 40 heavy (non-hydrogen) atoms. The van der Waals surface area contributed by atoms with E-state index < -0.39 is 0 Å². The van der Waals surface area contributed by atoms with E-state index in [4.69, 9.17) is 4.99 Å². The highest BCUT2D eigenvalue weighted by molar-refractivity contribution is 6.04. The molecule has 5 heterocycles. The number of carbonyl (C=O) groups excluding carboxylic acids is 1. The molecule has 2 fully saturated rings. The Labute approximate surface area is 241 Å². The van der Waals surface area contributed by atoms with Crippen LogP contribution in [0.15, 0.2) is 52.0 Å². The smallest absolute Gasteiger partial charge is 0.211 e. The second-order valence-corrected chi connectivity index (χ2v) is 13.5. The Hall–Kier alpha value is -2.34. The summed E-state index contributed by atoms with van der Waals surface area (Å²) in [6, 6.07) is 1.61. The van der Waals surface area contributed by atoms with E-state index in [9.17, 15) is 4.79 Å². The molecule has 2 saturated heterocycles. The minimum Gasteiger partial charge on any atom is -0.391 e. The van der Waals surface area contributed by atoms with Crippen molar-refractivity contribution >= 4 is 12.1 Å². The van der Waals surface area contributed by atoms with Gasteiger partial charge >= 0.3 is 0 Å². The van der Waals surface area contributed by atoms with Gasteiger partial charge in [-0.25, -0.2) is 0 Å². The van der Waals surface area contributed by atoms with Crippen molar-refractivity contribution < 1.29 is 4.79 Å². The Kier molecular flexibility index (Phi) is 8.53. The molecule has 6 atom stereocenters. The number of carbonyl (C=O) groups is 1. The third-order valence-electron chi connectivity index (χ3n) is 10.8. The fourth-order valence-electron chi connectivity index (χ4n) is 9.21. The molecule has 3 N–H and O–H groups in total. The lowest BCUT2D eigenvalue weighted by atomic mass is 9.67. The van der Waals surface area contributed by atoms with Crippen molar-refractivity contribution in [3.05, 3.63) is 47.0 Å². The number of fused-ring (bicyclic) bond motifs is 3. The van der Waals surface area contributed by atoms with E-state index in [2.05, 4.69) is 66.0 Å². The molecule has 2 bridgehead atoms. The lowest BCUT2D eigenvalue weighted by Crippen LogP contribution is -2.47. The largest absolute Gasteiger partial charge is 0.391 e. The van der Waals surface area contributed by atoms with E-state index in [0.29, 0.717) is 23.7 Å². The topological polar surface area (TPSA) is 68.8 Å². The van der Waals surface area contributed by atoms with Gasteiger partial charge in [-0.05, 0) is 93.9 Å². The van der Waals surface area contributed by atoms with Gasteiger partial charge in [0.25, 0.3) is 0 Å². The maximum absolute atomic E-state index is 11.4. The minimum atomic E-state index is 0.299. The number of nitrogens with zero attached hydrogens (tertiary/aromatic N) is 2. The van der Waals surface area contributed by atoms with E-state index in [0.717, 1.165) is 74.9 Å². The molecule has 0 saturated carbocycles. The Morgan fingerprint density at radius 3 is 2.62 bits per heavy atom. The predicted molar refractivity (Wildman–Crippen MR) is 164 cm³/mol. The summed E-state index contributed by atoms with van der Waals surface area (Å²) in [6.45, 7) is 11.1. The third-order valence-corrected chi connectivity index (χ3v) is 10.8. The molecule has 6 rings (SSSR count). The van der Waals surface area contributed by atoms with E-state index in [1.54, 1.807) is 0 Å². The summed E-state index contributed by atoms with van der Waals surface area (Å²) in [5.74, 6) is 3.37. The van der Waals surface area contributed by atoms with Crippen molar-refractivity contribution in [2.45, 2.75) is 90.6 Å². The molecule has 0 spiro atoms. The summed E-state index contributed by atoms with van der Waals surface area (Å²) in [5.41, 5.74) is 6.62. The van der Waals surface area contributed by atoms with Crippen LogP contribution >= 0.6 is 0 Å². The molecule has 5 aliphatic heterocycles. The Morgan fingerprint density at radius 1 is 1.10 bits per heavy atom. The van der Waals surface area contributed by atoms with E-state index >= 15 is 0 Å². The van der Waals surface area contributed by atoms with Crippen molar-refractivity contribution in [1.82, 2.24) is 20.9 Å². The monoisotopic (exact) mass is 545 g/mol. The van der Waals surface area contributed by atoms with Crippen LogP contribution in [0.2, 0.25) is 0 Å². The van der Waals surface area contributed by atoms with Gasteiger partial charge in [-0.1, -0.05) is 39.0 Å². The Balaban J connectivity index is 1.36. The van der Waals surface area contributed by atoms with Crippen LogP contribution in [0, 0.1) is 35.5 Å². The van der Waals surface area contributed by atoms with Crippen molar-refractivity contribution in [3.8, 4) is 0 Å². The van der Waals surface area contributed by atoms with Crippen LogP contribution in [0.1, 0.15) is 78.6 Å². The first-order valence-corrected chi connectivity index (χ1v) is 16.4. The average molecular weight is 546 g/mol. The number of hydrogen-bond acceptors (Lipinski definition) is 5. The molecule has 0 radical (unpaired) electrons. The number of amides is 1. The Bertz CT molecular complexity index is 1090. The molecule has 6 nitrogen and oxygen atoms in total. The number of aliphatic imine (C=N–C) groups is 1. The van der Waals surface area contributed by atoms with Gasteiger partial charge in [0.15, 0.2) is 0 Å². The van der Waals surface area contributed by atoms with Crippen molar-refractivity contribution in [1.29, 1.82) is 0 Å². The maximum atomic E-state index is 11.4. The standard InChI is InChI=1S/C34H51N5O/c1-4-39-27-6-7-28(39)20-25(19-27)29-11-15-37-34-30(29)12-16-36-33(23-9-13-35-14-10-23)32(34)24-5-8-31(38-21-40)26(18-24)17-22(2)3/h8-9,13,18,21-25,27-30,35-36H,4-7,10-12,14-17,19-20H2,1-3H3,(H,38,40)/t23-,24+,25?,27?,28?,29?,30?/m0/s1. The molecule has 6 aliphatic rings. The van der Waals surface area contributed by atoms with Crippen molar-refractivity contribution in [3.63, 3.8) is 0 Å². The van der Waals surface area contributed by atoms with Crippen LogP contribution in [0.5, 0.6) is 0 Å². The molecule has 1 amide bonds. The van der Waals surface area contributed by atoms with E-state index in [-0.39, 0.29) is 0 Å². The van der Waals surface area contributed by atoms with Crippen LogP contribution in [0.4, 0.5) is 0 Å². The number of hydrogen-bond donors (Lipinski definition) is 3. The fraction of sp³-hybridized carbons (Fsp3) is 0.706. The zero-order valence-corrected chi connectivity index (χ0v) is 25.0. The number of allylic oxidation sites excluding steroid dienone is 5. The maximum Gasteiger partial charge on any atom is 0.211 e. The number of piperidine rings is 1. The van der Waals surface area contributed by atoms with Crippen molar-refractivity contribution in [2.24, 2.45) is 40.5 Å². The van der Waals surface area contributed by atoms with Gasteiger partial charge in [0.1, 0.15) is 0 Å². The summed E-state index contributed by atoms with van der Waals surface area (Å²) in [4.78, 5) is 19.7. The first kappa shape index (κ1) is 27.8. The number of nitrogens with one attached hydrogen (secondary N) is 3. The average Bonchev–Trinajstić information content (AvgIpc) is 3.11. The molecule has 218 valence electrons. The molecular weight excluding hydrogens is 494 g/mol. The lowest BCUT2D eigenvalue weighted by molar-refractivity contribution is -0.108. The summed E-state index contributed by atoms with van der Waals surface area (Å²) in [6.07, 6.45) is 21.2. The highest BCUT2D eigenvalue weighted by Gasteiger charge is 2.46. The van der Waals surface area contributed by atoms with Gasteiger partial charge in [-0.3, -0.25) is 14.7 Å². The van der Waals surface area contributed by atoms with Gasteiger partial charge in [0, 0.05) is 72.2 Å². The fourth-order valence-corrected chi connectivity index (χ4v) is 9.21. The molecule has 0 aromatic carbocycles. The van der Waals surface area contributed by atoms with E-state index in [1.165, 1.54) is 67.6 Å². The lowest BCUT2D eigenvalue weighted by Gasteiger charge is -2.45. The van der Waals surface area contributed by atoms with Crippen molar-refractivity contribution in [2.75, 3.05) is 26.2 Å². The van der Waals surface area contributed by atoms with Crippen LogP contribution in [-0.2, 0) is 4.79 Å². The van der Waals surface area contributed by atoms with Gasteiger partial charge in [-0.15, -0.1) is 0 Å². The first-order chi connectivity index (χ1) is 19.6. The summed E-state index contributed by atoms with van der Waals surface area (Å²) >= 11 is 0. The SMILES string of the molecule is CCN1C2CCC1CC(C1CCN=C3C([C@H]4C=C(CC(C)C)C(NC=O)=CC4)=C([C@H]4C=CNCC4)NCCC31)C2. The second kappa shape index (κ2) is 12.3. The zero-order valence-electron chi connectivity index (χ0n) is 25.0. The Morgan fingerprint density at radius 2 is 1.93 bits per heavy atom. The van der Waals surface area contributed by atoms with Gasteiger partial charge in [-0.2, -0.15) is 0 Å². The van der Waals surface area contributed by atoms with Crippen LogP contribution < -0.4 is 16.0 Å². The van der Waals surface area contributed by atoms with Gasteiger partial charge < -0.3 is 16.0 Å². The van der Waals surface area contributed by atoms with Crippen LogP contribution in [0.25, 0.3) is 0 Å². The highest BCUT2D eigenvalue weighted by Crippen LogP contribution is 2.48. The number of rotatable bonds is 8. The summed E-state index contributed by atoms with van der Waals surface area (Å²) in [7, 11) is 0. The van der Waals surface area contributed by atoms with E-state index in [1.807, 2.05) is 0 Å². The molecular formula is C34H51N5O. The summed E-state index contributed by atoms with van der Waals surface area (Å²) in [5, 5.41) is 10.4. The van der Waals surface area contributed by atoms with Crippen LogP contribution in [0.3, 0.4) is 0 Å². The van der Waals surface area contributed by atoms with Crippen LogP contribution in [-0.4, -0.2) is 55.3 Å². The zero-order chi connectivity index (χ0) is 27.6. The third kappa shape index (κ3) is 5.45. The van der Waals surface area contributed by atoms with Gasteiger partial charge in [0.2, 0.25) is 6.41 Å². The molecule has 0 aromatic rings.